The Morgan fingerprint density at radius 3 is 2.33 bits per heavy atom. The van der Waals surface area contributed by atoms with Gasteiger partial charge in [-0.1, -0.05) is 44.5 Å². The Bertz CT molecular complexity index is 1120. The highest BCUT2D eigenvalue weighted by atomic mass is 32.1. The fourth-order valence-electron chi connectivity index (χ4n) is 3.21. The fraction of sp³-hybridized carbons (Fsp3) is 0.208. The van der Waals surface area contributed by atoms with Crippen LogP contribution in [-0.2, 0) is 5.41 Å². The molecular formula is C24H22FNS. The van der Waals surface area contributed by atoms with Crippen LogP contribution in [0.25, 0.3) is 31.8 Å². The maximum Gasteiger partial charge on any atom is 0.123 e. The Labute approximate surface area is 163 Å². The van der Waals surface area contributed by atoms with Crippen molar-refractivity contribution in [3.8, 4) is 21.7 Å². The molecule has 0 unspecified atom stereocenters. The summed E-state index contributed by atoms with van der Waals surface area (Å²) in [5, 5.41) is 1.12. The molecule has 0 radical (unpaired) electrons. The molecule has 0 spiro atoms. The van der Waals surface area contributed by atoms with Crippen molar-refractivity contribution in [1.29, 1.82) is 0 Å². The van der Waals surface area contributed by atoms with Crippen molar-refractivity contribution in [2.24, 2.45) is 0 Å². The summed E-state index contributed by atoms with van der Waals surface area (Å²) < 4.78 is 14.4. The van der Waals surface area contributed by atoms with E-state index in [0.29, 0.717) is 0 Å². The van der Waals surface area contributed by atoms with Crippen LogP contribution in [0.5, 0.6) is 0 Å². The molecule has 4 aromatic rings. The van der Waals surface area contributed by atoms with Crippen LogP contribution in [0.15, 0.2) is 60.8 Å². The zero-order valence-electron chi connectivity index (χ0n) is 16.0. The predicted molar refractivity (Wildman–Crippen MR) is 114 cm³/mol. The van der Waals surface area contributed by atoms with Crippen molar-refractivity contribution in [3.63, 3.8) is 0 Å². The molecule has 0 N–H and O–H groups in total. The van der Waals surface area contributed by atoms with Crippen molar-refractivity contribution in [3.05, 3.63) is 77.7 Å². The topological polar surface area (TPSA) is 12.9 Å². The zero-order chi connectivity index (χ0) is 19.2. The third-order valence-electron chi connectivity index (χ3n) is 4.77. The van der Waals surface area contributed by atoms with Crippen molar-refractivity contribution in [2.75, 3.05) is 0 Å². The van der Waals surface area contributed by atoms with Crippen LogP contribution < -0.4 is 0 Å². The summed E-state index contributed by atoms with van der Waals surface area (Å²) in [5.41, 5.74) is 5.84. The van der Waals surface area contributed by atoms with E-state index in [0.717, 1.165) is 27.1 Å². The van der Waals surface area contributed by atoms with Gasteiger partial charge in [-0.2, -0.15) is 0 Å². The molecular weight excluding hydrogens is 353 g/mol. The van der Waals surface area contributed by atoms with E-state index in [9.17, 15) is 4.39 Å². The molecule has 3 heteroatoms. The molecule has 2 aromatic carbocycles. The first-order valence-electron chi connectivity index (χ1n) is 9.08. The number of thiophene rings is 1. The SMILES string of the molecule is Cc1cc(-c2cc3sc(-c4ccc(F)cc4)cc3cn2)cc(C(C)(C)C)c1. The zero-order valence-corrected chi connectivity index (χ0v) is 16.8. The standard InChI is InChI=1S/C24H22FNS/c1-15-9-17(11-19(10-15)24(2,3)4)21-13-23-18(14-26-21)12-22(27-23)16-5-7-20(25)8-6-16/h5-14H,1-4H3. The Morgan fingerprint density at radius 2 is 1.63 bits per heavy atom. The number of pyridine rings is 1. The molecule has 2 heterocycles. The van der Waals surface area contributed by atoms with Gasteiger partial charge in [0.1, 0.15) is 5.82 Å². The summed E-state index contributed by atoms with van der Waals surface area (Å²) in [6, 6.07) is 17.6. The predicted octanol–water partition coefficient (Wildman–Crippen LogP) is 7.38. The van der Waals surface area contributed by atoms with Crippen LogP contribution in [-0.4, -0.2) is 4.98 Å². The van der Waals surface area contributed by atoms with Crippen molar-refractivity contribution in [1.82, 2.24) is 4.98 Å². The number of halogens is 1. The smallest absolute Gasteiger partial charge is 0.123 e. The van der Waals surface area contributed by atoms with Crippen LogP contribution in [0.3, 0.4) is 0 Å². The minimum absolute atomic E-state index is 0.101. The van der Waals surface area contributed by atoms with Gasteiger partial charge in [0.25, 0.3) is 0 Å². The van der Waals surface area contributed by atoms with E-state index in [1.165, 1.54) is 28.0 Å². The number of rotatable bonds is 2. The van der Waals surface area contributed by atoms with E-state index in [-0.39, 0.29) is 11.2 Å². The van der Waals surface area contributed by atoms with Gasteiger partial charge in [-0.3, -0.25) is 4.98 Å². The molecule has 2 aromatic heterocycles. The van der Waals surface area contributed by atoms with Crippen LogP contribution >= 0.6 is 11.3 Å². The average molecular weight is 376 g/mol. The average Bonchev–Trinajstić information content (AvgIpc) is 3.04. The number of fused-ring (bicyclic) bond motifs is 1. The molecule has 27 heavy (non-hydrogen) atoms. The normalized spacial score (nSPS) is 11.9. The number of aromatic nitrogens is 1. The molecule has 0 amide bonds. The molecule has 0 saturated carbocycles. The highest BCUT2D eigenvalue weighted by Crippen LogP contribution is 2.36. The monoisotopic (exact) mass is 375 g/mol. The molecule has 0 saturated heterocycles. The van der Waals surface area contributed by atoms with E-state index < -0.39 is 0 Å². The Kier molecular flexibility index (Phi) is 4.35. The van der Waals surface area contributed by atoms with Gasteiger partial charge in [0.05, 0.1) is 5.69 Å². The molecule has 0 atom stereocenters. The van der Waals surface area contributed by atoms with Gasteiger partial charge in [0.2, 0.25) is 0 Å². The first-order chi connectivity index (χ1) is 12.8. The molecule has 136 valence electrons. The third-order valence-corrected chi connectivity index (χ3v) is 5.92. The van der Waals surface area contributed by atoms with E-state index in [1.807, 2.05) is 18.3 Å². The lowest BCUT2D eigenvalue weighted by Crippen LogP contribution is -2.11. The van der Waals surface area contributed by atoms with Crippen LogP contribution in [0.1, 0.15) is 31.9 Å². The Hall–Kier alpha value is -2.52. The molecule has 4 rings (SSSR count). The summed E-state index contributed by atoms with van der Waals surface area (Å²) in [4.78, 5) is 5.84. The van der Waals surface area contributed by atoms with Crippen molar-refractivity contribution in [2.45, 2.75) is 33.1 Å². The Balaban J connectivity index is 1.78. The van der Waals surface area contributed by atoms with Gasteiger partial charge in [0.15, 0.2) is 0 Å². The Morgan fingerprint density at radius 1 is 0.889 bits per heavy atom. The third kappa shape index (κ3) is 3.65. The molecule has 0 aliphatic carbocycles. The maximum atomic E-state index is 13.2. The molecule has 0 aliphatic rings. The molecule has 0 aliphatic heterocycles. The second kappa shape index (κ2) is 6.58. The van der Waals surface area contributed by atoms with Gasteiger partial charge in [-0.05, 0) is 59.9 Å². The number of hydrogen-bond acceptors (Lipinski definition) is 2. The highest BCUT2D eigenvalue weighted by Gasteiger charge is 2.16. The summed E-state index contributed by atoms with van der Waals surface area (Å²) >= 11 is 1.72. The van der Waals surface area contributed by atoms with E-state index in [2.05, 4.69) is 58.0 Å². The minimum atomic E-state index is -0.210. The van der Waals surface area contributed by atoms with E-state index >= 15 is 0 Å². The first-order valence-corrected chi connectivity index (χ1v) is 9.89. The molecule has 1 nitrogen and oxygen atoms in total. The van der Waals surface area contributed by atoms with Gasteiger partial charge in [0, 0.05) is 26.7 Å². The second-order valence-corrected chi connectivity index (χ2v) is 9.15. The lowest BCUT2D eigenvalue weighted by molar-refractivity contribution is 0.590. The van der Waals surface area contributed by atoms with Crippen LogP contribution in [0.2, 0.25) is 0 Å². The minimum Gasteiger partial charge on any atom is -0.256 e. The van der Waals surface area contributed by atoms with E-state index in [4.69, 9.17) is 4.98 Å². The quantitative estimate of drug-likeness (QED) is 0.356. The summed E-state index contributed by atoms with van der Waals surface area (Å²) in [7, 11) is 0. The van der Waals surface area contributed by atoms with Crippen molar-refractivity contribution >= 4 is 21.4 Å². The molecule has 0 fully saturated rings. The molecule has 0 bridgehead atoms. The lowest BCUT2D eigenvalue weighted by atomic mass is 9.85. The largest absolute Gasteiger partial charge is 0.256 e. The number of aryl methyl sites for hydroxylation is 1. The summed E-state index contributed by atoms with van der Waals surface area (Å²) in [6.45, 7) is 8.83. The van der Waals surface area contributed by atoms with Gasteiger partial charge >= 0.3 is 0 Å². The van der Waals surface area contributed by atoms with Crippen molar-refractivity contribution < 1.29 is 4.39 Å². The fourth-order valence-corrected chi connectivity index (χ4v) is 4.29. The summed E-state index contributed by atoms with van der Waals surface area (Å²) in [6.07, 6.45) is 1.94. The highest BCUT2D eigenvalue weighted by molar-refractivity contribution is 7.22. The first kappa shape index (κ1) is 17.9. The van der Waals surface area contributed by atoms with Gasteiger partial charge < -0.3 is 0 Å². The number of benzene rings is 2. The lowest BCUT2D eigenvalue weighted by Gasteiger charge is -2.20. The number of nitrogens with zero attached hydrogens (tertiary/aromatic N) is 1. The maximum absolute atomic E-state index is 13.2. The van der Waals surface area contributed by atoms with Gasteiger partial charge in [-0.25, -0.2) is 4.39 Å². The van der Waals surface area contributed by atoms with Crippen LogP contribution in [0, 0.1) is 12.7 Å². The van der Waals surface area contributed by atoms with Gasteiger partial charge in [-0.15, -0.1) is 11.3 Å². The number of hydrogen-bond donors (Lipinski definition) is 0. The summed E-state index contributed by atoms with van der Waals surface area (Å²) in [5.74, 6) is -0.210. The van der Waals surface area contributed by atoms with Crippen LogP contribution in [0.4, 0.5) is 4.39 Å². The second-order valence-electron chi connectivity index (χ2n) is 8.06. The van der Waals surface area contributed by atoms with E-state index in [1.54, 1.807) is 11.3 Å².